The van der Waals surface area contributed by atoms with E-state index in [0.29, 0.717) is 34.2 Å². The van der Waals surface area contributed by atoms with Gasteiger partial charge in [0.15, 0.2) is 17.2 Å². The Bertz CT molecular complexity index is 1210. The van der Waals surface area contributed by atoms with Gasteiger partial charge in [0.05, 0.1) is 27.0 Å². The summed E-state index contributed by atoms with van der Waals surface area (Å²) in [5.74, 6) is 1.40. The molecule has 2 N–H and O–H groups in total. The molecule has 2 aromatic carbocycles. The molecule has 162 valence electrons. The summed E-state index contributed by atoms with van der Waals surface area (Å²) in [6.07, 6.45) is 3.42. The minimum absolute atomic E-state index is 0.151. The monoisotopic (exact) mass is 431 g/mol. The molecule has 0 saturated heterocycles. The number of aromatic nitrogens is 1. The highest BCUT2D eigenvalue weighted by atomic mass is 16.5. The smallest absolute Gasteiger partial charge is 0.294 e. The molecule has 0 fully saturated rings. The van der Waals surface area contributed by atoms with Crippen LogP contribution in [-0.4, -0.2) is 43.6 Å². The lowest BCUT2D eigenvalue weighted by atomic mass is 10.1. The first-order valence-electron chi connectivity index (χ1n) is 9.67. The number of anilines is 1. The van der Waals surface area contributed by atoms with Crippen molar-refractivity contribution in [1.82, 2.24) is 10.4 Å². The van der Waals surface area contributed by atoms with Gasteiger partial charge in [-0.2, -0.15) is 10.2 Å². The van der Waals surface area contributed by atoms with E-state index in [0.717, 1.165) is 11.1 Å². The van der Waals surface area contributed by atoms with Crippen LogP contribution in [0.25, 0.3) is 11.1 Å². The van der Waals surface area contributed by atoms with Crippen molar-refractivity contribution in [2.75, 3.05) is 26.8 Å². The third kappa shape index (κ3) is 4.08. The van der Waals surface area contributed by atoms with Crippen molar-refractivity contribution in [3.63, 3.8) is 0 Å². The Balaban J connectivity index is 1.64. The summed E-state index contributed by atoms with van der Waals surface area (Å²) in [5, 5.41) is 8.45. The van der Waals surface area contributed by atoms with E-state index in [-0.39, 0.29) is 5.71 Å². The van der Waals surface area contributed by atoms with Gasteiger partial charge >= 0.3 is 0 Å². The van der Waals surface area contributed by atoms with E-state index in [2.05, 4.69) is 26.0 Å². The molecule has 0 spiro atoms. The number of methoxy groups -OCH3 is 3. The van der Waals surface area contributed by atoms with Crippen molar-refractivity contribution in [2.24, 2.45) is 10.2 Å². The number of hydrogen-bond donors (Lipinski definition) is 2. The van der Waals surface area contributed by atoms with Crippen LogP contribution in [0.5, 0.6) is 17.2 Å². The lowest BCUT2D eigenvalue weighted by Crippen LogP contribution is -2.25. The van der Waals surface area contributed by atoms with Gasteiger partial charge < -0.3 is 14.2 Å². The maximum Gasteiger partial charge on any atom is 0.294 e. The predicted molar refractivity (Wildman–Crippen MR) is 122 cm³/mol. The maximum atomic E-state index is 12.4. The molecular weight excluding hydrogens is 410 g/mol. The number of carbonyl (C=O) groups is 1. The first-order chi connectivity index (χ1) is 15.6. The van der Waals surface area contributed by atoms with Crippen LogP contribution in [0.1, 0.15) is 5.56 Å². The predicted octanol–water partition coefficient (Wildman–Crippen LogP) is 3.08. The summed E-state index contributed by atoms with van der Waals surface area (Å²) >= 11 is 0. The van der Waals surface area contributed by atoms with Crippen molar-refractivity contribution in [3.05, 3.63) is 66.5 Å². The number of ether oxygens (including phenoxy) is 3. The first kappa shape index (κ1) is 20.9. The minimum Gasteiger partial charge on any atom is -0.496 e. The van der Waals surface area contributed by atoms with Gasteiger partial charge in [0, 0.05) is 23.5 Å². The zero-order chi connectivity index (χ0) is 22.5. The van der Waals surface area contributed by atoms with Crippen LogP contribution >= 0.6 is 0 Å². The normalized spacial score (nSPS) is 14.0. The highest BCUT2D eigenvalue weighted by Gasteiger charge is 2.27. The number of hydrogen-bond acceptors (Lipinski definition) is 8. The summed E-state index contributed by atoms with van der Waals surface area (Å²) in [6.45, 7) is 0. The quantitative estimate of drug-likeness (QED) is 0.557. The van der Waals surface area contributed by atoms with E-state index in [1.54, 1.807) is 51.9 Å². The third-order valence-electron chi connectivity index (χ3n) is 4.85. The first-order valence-corrected chi connectivity index (χ1v) is 9.67. The number of rotatable bonds is 7. The molecule has 1 aliphatic heterocycles. The number of nitrogens with zero attached hydrogens (tertiary/aromatic N) is 3. The van der Waals surface area contributed by atoms with Gasteiger partial charge in [-0.15, -0.1) is 0 Å². The molecule has 1 amide bonds. The summed E-state index contributed by atoms with van der Waals surface area (Å²) in [7, 11) is 4.71. The summed E-state index contributed by atoms with van der Waals surface area (Å²) < 4.78 is 16.1. The largest absolute Gasteiger partial charge is 0.496 e. The Morgan fingerprint density at radius 3 is 2.28 bits per heavy atom. The van der Waals surface area contributed by atoms with Crippen LogP contribution in [0.4, 0.5) is 5.69 Å². The van der Waals surface area contributed by atoms with Gasteiger partial charge in [-0.3, -0.25) is 15.2 Å². The zero-order valence-corrected chi connectivity index (χ0v) is 17.7. The summed E-state index contributed by atoms with van der Waals surface area (Å²) in [6, 6.07) is 14.6. The number of carbonyl (C=O) groups excluding carboxylic acids is 1. The molecule has 3 aromatic rings. The topological polar surface area (TPSA) is 106 Å². The fraction of sp³-hybridized carbons (Fsp3) is 0.130. The molecule has 1 aromatic heterocycles. The van der Waals surface area contributed by atoms with Crippen LogP contribution in [0.15, 0.2) is 71.1 Å². The molecule has 32 heavy (non-hydrogen) atoms. The minimum atomic E-state index is -0.412. The van der Waals surface area contributed by atoms with Crippen molar-refractivity contribution >= 4 is 23.0 Å². The number of nitrogens with one attached hydrogen (secondary N) is 2. The van der Waals surface area contributed by atoms with Crippen LogP contribution < -0.4 is 25.1 Å². The lowest BCUT2D eigenvalue weighted by molar-refractivity contribution is -0.114. The molecule has 1 aliphatic rings. The molecule has 2 heterocycles. The molecule has 0 unspecified atom stereocenters. The van der Waals surface area contributed by atoms with Gasteiger partial charge in [-0.25, -0.2) is 5.43 Å². The maximum absolute atomic E-state index is 12.4. The average molecular weight is 431 g/mol. The number of benzene rings is 2. The number of pyridine rings is 1. The molecular formula is C23H21N5O4. The second-order valence-electron chi connectivity index (χ2n) is 6.69. The van der Waals surface area contributed by atoms with Gasteiger partial charge in [-0.1, -0.05) is 0 Å². The fourth-order valence-corrected chi connectivity index (χ4v) is 3.26. The molecule has 4 rings (SSSR count). The second kappa shape index (κ2) is 9.17. The second-order valence-corrected chi connectivity index (χ2v) is 6.69. The van der Waals surface area contributed by atoms with E-state index < -0.39 is 5.91 Å². The van der Waals surface area contributed by atoms with E-state index in [1.165, 1.54) is 0 Å². The molecule has 9 heteroatoms. The standard InChI is InChI=1S/C23H21N5O4/c1-30-18-7-5-16(13-17(18)14-8-10-24-11-9-14)25-27-22-21(26-28-23(22)29)15-4-6-19(31-2)20(12-15)32-3/h4-13,25H,1-3H3,(H,27,28,29). The average Bonchev–Trinajstić information content (AvgIpc) is 3.22. The molecule has 0 atom stereocenters. The third-order valence-corrected chi connectivity index (χ3v) is 4.85. The molecule has 0 bridgehead atoms. The fourth-order valence-electron chi connectivity index (χ4n) is 3.26. The van der Waals surface area contributed by atoms with E-state index in [9.17, 15) is 4.79 Å². The van der Waals surface area contributed by atoms with Crippen molar-refractivity contribution < 1.29 is 19.0 Å². The van der Waals surface area contributed by atoms with E-state index >= 15 is 0 Å². The van der Waals surface area contributed by atoms with Crippen molar-refractivity contribution in [3.8, 4) is 28.4 Å². The van der Waals surface area contributed by atoms with Crippen LogP contribution in [0, 0.1) is 0 Å². The van der Waals surface area contributed by atoms with Gasteiger partial charge in [0.1, 0.15) is 11.5 Å². The highest BCUT2D eigenvalue weighted by Crippen LogP contribution is 2.32. The summed E-state index contributed by atoms with van der Waals surface area (Å²) in [5.41, 5.74) is 9.10. The Hall–Kier alpha value is -4.40. The van der Waals surface area contributed by atoms with E-state index in [1.807, 2.05) is 30.3 Å². The molecule has 9 nitrogen and oxygen atoms in total. The van der Waals surface area contributed by atoms with Gasteiger partial charge in [0.25, 0.3) is 5.91 Å². The SMILES string of the molecule is COc1ccc(C2=NNC(=O)/C2=N/Nc2ccc(OC)c(-c3ccncc3)c2)cc1OC. The molecule has 0 aliphatic carbocycles. The lowest BCUT2D eigenvalue weighted by Gasteiger charge is -2.11. The molecule has 0 radical (unpaired) electrons. The molecule has 0 saturated carbocycles. The van der Waals surface area contributed by atoms with E-state index in [4.69, 9.17) is 14.2 Å². The van der Waals surface area contributed by atoms with Crippen molar-refractivity contribution in [2.45, 2.75) is 0 Å². The van der Waals surface area contributed by atoms with Crippen LogP contribution in [0.3, 0.4) is 0 Å². The summed E-state index contributed by atoms with van der Waals surface area (Å²) in [4.78, 5) is 16.4. The Kier molecular flexibility index (Phi) is 5.98. The van der Waals surface area contributed by atoms with Crippen LogP contribution in [0.2, 0.25) is 0 Å². The van der Waals surface area contributed by atoms with Gasteiger partial charge in [-0.05, 0) is 54.1 Å². The highest BCUT2D eigenvalue weighted by molar-refractivity contribution is 6.72. The Morgan fingerprint density at radius 1 is 0.844 bits per heavy atom. The van der Waals surface area contributed by atoms with Crippen LogP contribution in [-0.2, 0) is 4.79 Å². The Labute approximate surface area is 184 Å². The number of amides is 1. The van der Waals surface area contributed by atoms with Crippen molar-refractivity contribution in [1.29, 1.82) is 0 Å². The van der Waals surface area contributed by atoms with Gasteiger partial charge in [0.2, 0.25) is 0 Å². The Morgan fingerprint density at radius 2 is 1.56 bits per heavy atom. The zero-order valence-electron chi connectivity index (χ0n) is 17.7. The number of hydrazone groups is 2.